The third-order valence-electron chi connectivity index (χ3n) is 5.32. The van der Waals surface area contributed by atoms with Crippen LogP contribution in [0, 0.1) is 6.92 Å². The fourth-order valence-corrected chi connectivity index (χ4v) is 3.54. The Kier molecular flexibility index (Phi) is 5.99. The van der Waals surface area contributed by atoms with E-state index < -0.39 is 0 Å². The highest BCUT2D eigenvalue weighted by atomic mass is 16.5. The number of nitrogens with zero attached hydrogens (tertiary/aromatic N) is 5. The highest BCUT2D eigenvalue weighted by Gasteiger charge is 2.23. The summed E-state index contributed by atoms with van der Waals surface area (Å²) < 4.78 is 10.7. The van der Waals surface area contributed by atoms with E-state index >= 15 is 0 Å². The topological polar surface area (TPSA) is 74.9 Å². The van der Waals surface area contributed by atoms with Crippen molar-refractivity contribution in [3.05, 3.63) is 35.7 Å². The number of carbonyl (C=O) groups is 1. The van der Waals surface area contributed by atoms with E-state index in [1.807, 2.05) is 29.2 Å². The van der Waals surface area contributed by atoms with Crippen LogP contribution in [-0.2, 0) is 16.1 Å². The first kappa shape index (κ1) is 19.0. The molecule has 0 bridgehead atoms. The molecule has 0 aliphatic carbocycles. The minimum Gasteiger partial charge on any atom is -0.378 e. The zero-order valence-electron chi connectivity index (χ0n) is 16.3. The van der Waals surface area contributed by atoms with E-state index in [9.17, 15) is 4.79 Å². The molecule has 0 spiro atoms. The van der Waals surface area contributed by atoms with Gasteiger partial charge in [0.25, 0.3) is 5.89 Å². The molecule has 0 atom stereocenters. The van der Waals surface area contributed by atoms with Crippen LogP contribution in [0.15, 0.2) is 28.8 Å². The van der Waals surface area contributed by atoms with Crippen molar-refractivity contribution in [1.29, 1.82) is 0 Å². The number of carbonyl (C=O) groups excluding carboxylic acids is 1. The number of hydrogen-bond acceptors (Lipinski definition) is 7. The largest absolute Gasteiger partial charge is 0.378 e. The van der Waals surface area contributed by atoms with Crippen LogP contribution in [0.4, 0.5) is 0 Å². The Balaban J connectivity index is 1.24. The van der Waals surface area contributed by atoms with Gasteiger partial charge in [-0.2, -0.15) is 4.98 Å². The molecule has 8 nitrogen and oxygen atoms in total. The van der Waals surface area contributed by atoms with Crippen LogP contribution in [0.2, 0.25) is 0 Å². The van der Waals surface area contributed by atoms with E-state index in [0.29, 0.717) is 51.1 Å². The van der Waals surface area contributed by atoms with Gasteiger partial charge in [0.15, 0.2) is 5.82 Å². The molecule has 0 saturated carbocycles. The lowest BCUT2D eigenvalue weighted by molar-refractivity contribution is -0.136. The number of benzene rings is 1. The van der Waals surface area contributed by atoms with Crippen molar-refractivity contribution in [2.24, 2.45) is 0 Å². The lowest BCUT2D eigenvalue weighted by atomic mass is 10.1. The van der Waals surface area contributed by atoms with Gasteiger partial charge in [0, 0.05) is 44.8 Å². The highest BCUT2D eigenvalue weighted by molar-refractivity contribution is 5.78. The normalized spacial score (nSPS) is 19.1. The van der Waals surface area contributed by atoms with E-state index in [2.05, 4.69) is 26.9 Å². The molecule has 2 saturated heterocycles. The van der Waals surface area contributed by atoms with E-state index in [1.165, 1.54) is 5.56 Å². The molecule has 2 fully saturated rings. The monoisotopic (exact) mass is 385 g/mol. The molecule has 3 heterocycles. The van der Waals surface area contributed by atoms with Gasteiger partial charge < -0.3 is 14.2 Å². The number of piperazine rings is 1. The van der Waals surface area contributed by atoms with Gasteiger partial charge in [0.1, 0.15) is 0 Å². The predicted octanol–water partition coefficient (Wildman–Crippen LogP) is 1.02. The summed E-state index contributed by atoms with van der Waals surface area (Å²) in [6.07, 6.45) is 0. The average Bonchev–Trinajstić information content (AvgIpc) is 3.19. The van der Waals surface area contributed by atoms with Gasteiger partial charge in [-0.25, -0.2) is 0 Å². The van der Waals surface area contributed by atoms with Crippen molar-refractivity contribution >= 4 is 5.91 Å². The summed E-state index contributed by atoms with van der Waals surface area (Å²) in [6.45, 7) is 9.46. The SMILES string of the molecule is Cc1ccc(-c2nc(CN3CCN(CC(=O)N4CCOCC4)CC3)no2)cc1. The van der Waals surface area contributed by atoms with Crippen molar-refractivity contribution in [3.63, 3.8) is 0 Å². The second-order valence-electron chi connectivity index (χ2n) is 7.43. The highest BCUT2D eigenvalue weighted by Crippen LogP contribution is 2.18. The molecule has 28 heavy (non-hydrogen) atoms. The van der Waals surface area contributed by atoms with Gasteiger partial charge in [-0.3, -0.25) is 14.6 Å². The third-order valence-corrected chi connectivity index (χ3v) is 5.32. The summed E-state index contributed by atoms with van der Waals surface area (Å²) in [4.78, 5) is 23.3. The standard InChI is InChI=1S/C20H27N5O3/c1-16-2-4-17(5-3-16)20-21-18(22-28-20)14-23-6-8-24(9-7-23)15-19(26)25-10-12-27-13-11-25/h2-5H,6-15H2,1H3. The molecular weight excluding hydrogens is 358 g/mol. The number of amides is 1. The third kappa shape index (κ3) is 4.76. The quantitative estimate of drug-likeness (QED) is 0.761. The maximum Gasteiger partial charge on any atom is 0.257 e. The van der Waals surface area contributed by atoms with E-state index in [-0.39, 0.29) is 5.91 Å². The zero-order valence-corrected chi connectivity index (χ0v) is 16.3. The molecule has 2 aliphatic rings. The van der Waals surface area contributed by atoms with Crippen molar-refractivity contribution in [1.82, 2.24) is 24.8 Å². The predicted molar refractivity (Wildman–Crippen MR) is 104 cm³/mol. The van der Waals surface area contributed by atoms with Gasteiger partial charge in [-0.15, -0.1) is 0 Å². The zero-order chi connectivity index (χ0) is 19.3. The van der Waals surface area contributed by atoms with Crippen LogP contribution in [-0.4, -0.2) is 89.8 Å². The number of hydrogen-bond donors (Lipinski definition) is 0. The number of ether oxygens (including phenoxy) is 1. The van der Waals surface area contributed by atoms with Crippen molar-refractivity contribution in [2.75, 3.05) is 59.0 Å². The number of morpholine rings is 1. The first-order valence-corrected chi connectivity index (χ1v) is 9.87. The summed E-state index contributed by atoms with van der Waals surface area (Å²) in [5, 5.41) is 4.12. The molecule has 0 radical (unpaired) electrons. The molecule has 1 aromatic carbocycles. The lowest BCUT2D eigenvalue weighted by Gasteiger charge is -2.35. The van der Waals surface area contributed by atoms with Crippen LogP contribution in [0.25, 0.3) is 11.5 Å². The van der Waals surface area contributed by atoms with Crippen molar-refractivity contribution in [2.45, 2.75) is 13.5 Å². The average molecular weight is 385 g/mol. The minimum atomic E-state index is 0.206. The lowest BCUT2D eigenvalue weighted by Crippen LogP contribution is -2.51. The molecule has 8 heteroatoms. The minimum absolute atomic E-state index is 0.206. The molecule has 1 amide bonds. The maximum absolute atomic E-state index is 12.4. The second kappa shape index (κ2) is 8.81. The summed E-state index contributed by atoms with van der Waals surface area (Å²) in [7, 11) is 0. The Labute approximate surface area is 165 Å². The second-order valence-corrected chi connectivity index (χ2v) is 7.43. The van der Waals surface area contributed by atoms with Crippen LogP contribution in [0.1, 0.15) is 11.4 Å². The molecule has 4 rings (SSSR count). The fourth-order valence-electron chi connectivity index (χ4n) is 3.54. The van der Waals surface area contributed by atoms with Gasteiger partial charge in [-0.1, -0.05) is 22.9 Å². The number of rotatable bonds is 5. The Bertz CT molecular complexity index is 777. The van der Waals surface area contributed by atoms with Gasteiger partial charge in [0.05, 0.1) is 26.3 Å². The molecule has 1 aromatic heterocycles. The molecule has 150 valence electrons. The molecule has 2 aromatic rings. The number of aryl methyl sites for hydroxylation is 1. The first-order valence-electron chi connectivity index (χ1n) is 9.87. The van der Waals surface area contributed by atoms with Crippen LogP contribution < -0.4 is 0 Å². The van der Waals surface area contributed by atoms with Gasteiger partial charge in [0.2, 0.25) is 5.91 Å². The molecule has 0 N–H and O–H groups in total. The summed E-state index contributed by atoms with van der Waals surface area (Å²) in [5.74, 6) is 1.47. The van der Waals surface area contributed by atoms with E-state index in [1.54, 1.807) is 0 Å². The summed E-state index contributed by atoms with van der Waals surface area (Å²) >= 11 is 0. The molecule has 2 aliphatic heterocycles. The van der Waals surface area contributed by atoms with Gasteiger partial charge in [-0.05, 0) is 19.1 Å². The Morgan fingerprint density at radius 1 is 1.00 bits per heavy atom. The van der Waals surface area contributed by atoms with Crippen LogP contribution >= 0.6 is 0 Å². The van der Waals surface area contributed by atoms with Crippen LogP contribution in [0.5, 0.6) is 0 Å². The van der Waals surface area contributed by atoms with E-state index in [4.69, 9.17) is 9.26 Å². The first-order chi connectivity index (χ1) is 13.7. The Morgan fingerprint density at radius 3 is 2.39 bits per heavy atom. The number of aromatic nitrogens is 2. The molecular formula is C20H27N5O3. The van der Waals surface area contributed by atoms with Crippen molar-refractivity contribution in [3.8, 4) is 11.5 Å². The smallest absolute Gasteiger partial charge is 0.257 e. The molecule has 0 unspecified atom stereocenters. The van der Waals surface area contributed by atoms with E-state index in [0.717, 1.165) is 31.7 Å². The van der Waals surface area contributed by atoms with Gasteiger partial charge >= 0.3 is 0 Å². The van der Waals surface area contributed by atoms with Crippen LogP contribution in [0.3, 0.4) is 0 Å². The fraction of sp³-hybridized carbons (Fsp3) is 0.550. The Morgan fingerprint density at radius 2 is 1.68 bits per heavy atom. The maximum atomic E-state index is 12.4. The van der Waals surface area contributed by atoms with Crippen molar-refractivity contribution < 1.29 is 14.1 Å². The summed E-state index contributed by atoms with van der Waals surface area (Å²) in [6, 6.07) is 8.07. The summed E-state index contributed by atoms with van der Waals surface area (Å²) in [5.41, 5.74) is 2.14. The Hall–Kier alpha value is -2.29.